The lowest BCUT2D eigenvalue weighted by molar-refractivity contribution is -0.123. The van der Waals surface area contributed by atoms with Gasteiger partial charge in [-0.25, -0.2) is 0 Å². The Morgan fingerprint density at radius 1 is 1.32 bits per heavy atom. The first kappa shape index (κ1) is 16.3. The summed E-state index contributed by atoms with van der Waals surface area (Å²) in [4.78, 5) is 11.9. The van der Waals surface area contributed by atoms with Gasteiger partial charge in [-0.1, -0.05) is 43.1 Å². The fraction of sp³-hybridized carbons (Fsp3) is 0.500. The minimum atomic E-state index is -0.492. The van der Waals surface area contributed by atoms with Gasteiger partial charge in [0.1, 0.15) is 0 Å². The predicted molar refractivity (Wildman–Crippen MR) is 80.5 cm³/mol. The summed E-state index contributed by atoms with van der Waals surface area (Å²) < 4.78 is 0. The van der Waals surface area contributed by atoms with Crippen LogP contribution in [-0.2, 0) is 4.79 Å². The lowest BCUT2D eigenvalue weighted by Crippen LogP contribution is -2.42. The molecule has 0 aliphatic carbocycles. The minimum Gasteiger partial charge on any atom is -0.348 e. The number of hydrogen-bond acceptors (Lipinski definition) is 2. The Kier molecular flexibility index (Phi) is 6.11. The van der Waals surface area contributed by atoms with Crippen molar-refractivity contribution in [3.05, 3.63) is 33.8 Å². The summed E-state index contributed by atoms with van der Waals surface area (Å²) in [5.41, 5.74) is 6.67. The summed E-state index contributed by atoms with van der Waals surface area (Å²) in [5.74, 6) is 0.224. The number of rotatable bonds is 5. The maximum Gasteiger partial charge on any atom is 0.237 e. The van der Waals surface area contributed by atoms with Crippen LogP contribution < -0.4 is 11.1 Å². The molecule has 2 unspecified atom stereocenters. The second kappa shape index (κ2) is 7.13. The molecule has 3 N–H and O–H groups in total. The van der Waals surface area contributed by atoms with Crippen molar-refractivity contribution in [1.82, 2.24) is 5.32 Å². The number of hydrogen-bond donors (Lipinski definition) is 2. The molecule has 0 saturated carbocycles. The average Bonchev–Trinajstić information content (AvgIpc) is 2.27. The zero-order chi connectivity index (χ0) is 14.6. The molecular weight excluding hydrogens is 283 g/mol. The Morgan fingerprint density at radius 2 is 1.95 bits per heavy atom. The zero-order valence-electron chi connectivity index (χ0n) is 11.4. The smallest absolute Gasteiger partial charge is 0.237 e. The molecule has 0 radical (unpaired) electrons. The normalized spacial score (nSPS) is 14.3. The molecule has 1 aromatic rings. The molecule has 0 saturated heterocycles. The number of nitrogens with two attached hydrogens (primary N) is 1. The molecule has 3 nitrogen and oxygen atoms in total. The van der Waals surface area contributed by atoms with E-state index in [0.29, 0.717) is 22.4 Å². The van der Waals surface area contributed by atoms with Gasteiger partial charge in [0.25, 0.3) is 0 Å². The molecule has 0 aliphatic heterocycles. The van der Waals surface area contributed by atoms with Crippen LogP contribution >= 0.6 is 23.2 Å². The molecule has 0 spiro atoms. The fourth-order valence-electron chi connectivity index (χ4n) is 1.87. The van der Waals surface area contributed by atoms with Crippen LogP contribution in [0, 0.1) is 5.92 Å². The Hall–Kier alpha value is -0.770. The fourth-order valence-corrected chi connectivity index (χ4v) is 2.44. The first-order chi connectivity index (χ1) is 8.81. The van der Waals surface area contributed by atoms with Crippen molar-refractivity contribution in [2.45, 2.75) is 39.3 Å². The highest BCUT2D eigenvalue weighted by Crippen LogP contribution is 2.26. The molecule has 5 heteroatoms. The molecule has 0 aliphatic rings. The molecule has 1 aromatic carbocycles. The summed E-state index contributed by atoms with van der Waals surface area (Å²) in [6.45, 7) is 5.94. The maximum atomic E-state index is 11.9. The Balaban J connectivity index is 2.68. The molecular formula is C14H20Cl2N2O. The molecule has 106 valence electrons. The second-order valence-electron chi connectivity index (χ2n) is 5.13. The van der Waals surface area contributed by atoms with Crippen LogP contribution in [-0.4, -0.2) is 11.9 Å². The van der Waals surface area contributed by atoms with Gasteiger partial charge < -0.3 is 11.1 Å². The van der Waals surface area contributed by atoms with E-state index in [9.17, 15) is 4.79 Å². The van der Waals surface area contributed by atoms with E-state index in [1.807, 2.05) is 26.8 Å². The lowest BCUT2D eigenvalue weighted by atomic mass is 10.0. The van der Waals surface area contributed by atoms with Gasteiger partial charge in [-0.3, -0.25) is 4.79 Å². The van der Waals surface area contributed by atoms with Crippen LogP contribution in [0.25, 0.3) is 0 Å². The number of carbonyl (C=O) groups excluding carboxylic acids is 1. The second-order valence-corrected chi connectivity index (χ2v) is 5.98. The SMILES string of the molecule is CC(C)CC(N)C(=O)NC(C)c1ccc(Cl)cc1Cl. The van der Waals surface area contributed by atoms with Crippen molar-refractivity contribution in [3.8, 4) is 0 Å². The van der Waals surface area contributed by atoms with Crippen molar-refractivity contribution >= 4 is 29.1 Å². The van der Waals surface area contributed by atoms with E-state index in [4.69, 9.17) is 28.9 Å². The highest BCUT2D eigenvalue weighted by atomic mass is 35.5. The third kappa shape index (κ3) is 5.01. The van der Waals surface area contributed by atoms with Crippen molar-refractivity contribution in [1.29, 1.82) is 0 Å². The first-order valence-electron chi connectivity index (χ1n) is 6.32. The van der Waals surface area contributed by atoms with Crippen molar-refractivity contribution in [3.63, 3.8) is 0 Å². The number of benzene rings is 1. The summed E-state index contributed by atoms with van der Waals surface area (Å²) in [6, 6.07) is 4.53. The summed E-state index contributed by atoms with van der Waals surface area (Å²) in [7, 11) is 0. The zero-order valence-corrected chi connectivity index (χ0v) is 12.9. The Bertz CT molecular complexity index is 449. The highest BCUT2D eigenvalue weighted by molar-refractivity contribution is 6.35. The summed E-state index contributed by atoms with van der Waals surface area (Å²) in [5, 5.41) is 3.98. The molecule has 0 fully saturated rings. The topological polar surface area (TPSA) is 55.1 Å². The van der Waals surface area contributed by atoms with Crippen molar-refractivity contribution in [2.75, 3.05) is 0 Å². The molecule has 0 bridgehead atoms. The van der Waals surface area contributed by atoms with E-state index in [-0.39, 0.29) is 11.9 Å². The van der Waals surface area contributed by atoms with E-state index < -0.39 is 6.04 Å². The van der Waals surface area contributed by atoms with Crippen molar-refractivity contribution in [2.24, 2.45) is 11.7 Å². The summed E-state index contributed by atoms with van der Waals surface area (Å²) >= 11 is 11.9. The van der Waals surface area contributed by atoms with Crippen molar-refractivity contribution < 1.29 is 4.79 Å². The molecule has 19 heavy (non-hydrogen) atoms. The Morgan fingerprint density at radius 3 is 2.47 bits per heavy atom. The van der Waals surface area contributed by atoms with Gasteiger partial charge in [0.15, 0.2) is 0 Å². The largest absolute Gasteiger partial charge is 0.348 e. The van der Waals surface area contributed by atoms with Gasteiger partial charge in [0, 0.05) is 10.0 Å². The van der Waals surface area contributed by atoms with Crippen LogP contribution in [0.4, 0.5) is 0 Å². The number of halogens is 2. The van der Waals surface area contributed by atoms with E-state index >= 15 is 0 Å². The number of amides is 1. The predicted octanol–water partition coefficient (Wildman–Crippen LogP) is 3.54. The van der Waals surface area contributed by atoms with E-state index in [2.05, 4.69) is 5.32 Å². The van der Waals surface area contributed by atoms with Gasteiger partial charge in [0.2, 0.25) is 5.91 Å². The first-order valence-corrected chi connectivity index (χ1v) is 7.07. The average molecular weight is 303 g/mol. The number of carbonyl (C=O) groups is 1. The quantitative estimate of drug-likeness (QED) is 0.874. The van der Waals surface area contributed by atoms with Gasteiger partial charge in [0.05, 0.1) is 12.1 Å². The summed E-state index contributed by atoms with van der Waals surface area (Å²) in [6.07, 6.45) is 0.660. The van der Waals surface area contributed by atoms with Crippen LogP contribution in [0.3, 0.4) is 0 Å². The van der Waals surface area contributed by atoms with Crippen LogP contribution in [0.1, 0.15) is 38.8 Å². The molecule has 2 atom stereocenters. The van der Waals surface area contributed by atoms with Crippen LogP contribution in [0.2, 0.25) is 10.0 Å². The monoisotopic (exact) mass is 302 g/mol. The minimum absolute atomic E-state index is 0.160. The molecule has 1 rings (SSSR count). The van der Waals surface area contributed by atoms with Gasteiger partial charge in [-0.2, -0.15) is 0 Å². The molecule has 0 aromatic heterocycles. The lowest BCUT2D eigenvalue weighted by Gasteiger charge is -2.19. The molecule has 1 amide bonds. The standard InChI is InChI=1S/C14H20Cl2N2O/c1-8(2)6-13(17)14(19)18-9(3)11-5-4-10(15)7-12(11)16/h4-5,7-9,13H,6,17H2,1-3H3,(H,18,19). The maximum absolute atomic E-state index is 11.9. The third-order valence-electron chi connectivity index (χ3n) is 2.85. The van der Waals surface area contributed by atoms with Crippen LogP contribution in [0.15, 0.2) is 18.2 Å². The van der Waals surface area contributed by atoms with Crippen LogP contribution in [0.5, 0.6) is 0 Å². The van der Waals surface area contributed by atoms with E-state index in [1.54, 1.807) is 12.1 Å². The van der Waals surface area contributed by atoms with Gasteiger partial charge in [-0.05, 0) is 37.0 Å². The third-order valence-corrected chi connectivity index (χ3v) is 3.41. The Labute approximate surface area is 124 Å². The van der Waals surface area contributed by atoms with Gasteiger partial charge in [-0.15, -0.1) is 0 Å². The van der Waals surface area contributed by atoms with E-state index in [0.717, 1.165) is 5.56 Å². The number of nitrogens with one attached hydrogen (secondary N) is 1. The highest BCUT2D eigenvalue weighted by Gasteiger charge is 2.18. The van der Waals surface area contributed by atoms with E-state index in [1.165, 1.54) is 0 Å². The van der Waals surface area contributed by atoms with Gasteiger partial charge >= 0.3 is 0 Å². The molecule has 0 heterocycles.